The van der Waals surface area contributed by atoms with Crippen LogP contribution in [0.2, 0.25) is 0 Å². The molecule has 0 atom stereocenters. The molecule has 12 heavy (non-hydrogen) atoms. The minimum Gasteiger partial charge on any atom is -0.381 e. The van der Waals surface area contributed by atoms with Gasteiger partial charge >= 0.3 is 0 Å². The number of aliphatic imine (C=N–C) groups is 1. The fourth-order valence-electron chi connectivity index (χ4n) is 1.61. The van der Waals surface area contributed by atoms with Crippen molar-refractivity contribution in [2.24, 2.45) is 9.98 Å². The van der Waals surface area contributed by atoms with Gasteiger partial charge in [0.1, 0.15) is 6.34 Å². The Balaban J connectivity index is 2.54. The smallest absolute Gasteiger partial charge is 0.116 e. The zero-order chi connectivity index (χ0) is 7.97. The van der Waals surface area contributed by atoms with Crippen LogP contribution in [0.25, 0.3) is 6.08 Å². The van der Waals surface area contributed by atoms with Gasteiger partial charge in [-0.05, 0) is 12.1 Å². The first-order chi connectivity index (χ1) is 5.95. The van der Waals surface area contributed by atoms with Crippen LogP contribution in [0.1, 0.15) is 0 Å². The quantitative estimate of drug-likeness (QED) is 0.573. The second kappa shape index (κ2) is 1.94. The van der Waals surface area contributed by atoms with Crippen LogP contribution in [-0.2, 0) is 0 Å². The number of hydrogen-bond acceptors (Lipinski definition) is 3. The molecule has 58 valence electrons. The van der Waals surface area contributed by atoms with Gasteiger partial charge in [0.2, 0.25) is 0 Å². The number of benzene rings is 1. The summed E-state index contributed by atoms with van der Waals surface area (Å²) >= 11 is 0. The Morgan fingerprint density at radius 3 is 3.33 bits per heavy atom. The lowest BCUT2D eigenvalue weighted by molar-refractivity contribution is 1.39. The zero-order valence-electron chi connectivity index (χ0n) is 6.41. The molecular formula is C9H7N3. The van der Waals surface area contributed by atoms with E-state index >= 15 is 0 Å². The Kier molecular flexibility index (Phi) is 0.961. The van der Waals surface area contributed by atoms with Gasteiger partial charge in [0.05, 0.1) is 11.0 Å². The Hall–Kier alpha value is -1.64. The van der Waals surface area contributed by atoms with Crippen LogP contribution in [0.5, 0.6) is 0 Å². The lowest BCUT2D eigenvalue weighted by atomic mass is 10.2. The first-order valence-corrected chi connectivity index (χ1v) is 3.92. The monoisotopic (exact) mass is 157 g/mol. The van der Waals surface area contributed by atoms with Crippen LogP contribution >= 0.6 is 0 Å². The average molecular weight is 157 g/mol. The molecule has 3 nitrogen and oxygen atoms in total. The summed E-state index contributed by atoms with van der Waals surface area (Å²) in [4.78, 5) is 8.35. The summed E-state index contributed by atoms with van der Waals surface area (Å²) in [5.74, 6) is 0. The van der Waals surface area contributed by atoms with Crippen molar-refractivity contribution in [2.45, 2.75) is 0 Å². The molecule has 3 rings (SSSR count). The molecule has 0 aromatic heterocycles. The van der Waals surface area contributed by atoms with Gasteiger partial charge in [-0.3, -0.25) is 0 Å². The van der Waals surface area contributed by atoms with Crippen molar-refractivity contribution in [3.05, 3.63) is 22.7 Å². The molecule has 0 saturated heterocycles. The second-order valence-electron chi connectivity index (χ2n) is 2.85. The maximum Gasteiger partial charge on any atom is 0.116 e. The minimum absolute atomic E-state index is 0.904. The van der Waals surface area contributed by atoms with E-state index in [9.17, 15) is 0 Å². The summed E-state index contributed by atoms with van der Waals surface area (Å²) in [7, 11) is 0. The molecule has 0 unspecified atom stereocenters. The van der Waals surface area contributed by atoms with Crippen LogP contribution in [0.15, 0.2) is 22.1 Å². The van der Waals surface area contributed by atoms with E-state index < -0.39 is 0 Å². The highest BCUT2D eigenvalue weighted by Crippen LogP contribution is 2.10. The fourth-order valence-corrected chi connectivity index (χ4v) is 1.61. The van der Waals surface area contributed by atoms with Gasteiger partial charge < -0.3 is 5.32 Å². The van der Waals surface area contributed by atoms with Crippen molar-refractivity contribution in [3.8, 4) is 0 Å². The molecule has 3 heteroatoms. The normalized spacial score (nSPS) is 16.0. The lowest BCUT2D eigenvalue weighted by Crippen LogP contribution is -2.23. The average Bonchev–Trinajstić information content (AvgIpc) is 2.71. The molecule has 1 N–H and O–H groups in total. The topological polar surface area (TPSA) is 36.8 Å². The van der Waals surface area contributed by atoms with Crippen LogP contribution in [0.4, 0.5) is 11.4 Å². The Morgan fingerprint density at radius 1 is 1.33 bits per heavy atom. The maximum absolute atomic E-state index is 4.21. The van der Waals surface area contributed by atoms with E-state index in [1.54, 1.807) is 6.34 Å². The van der Waals surface area contributed by atoms with Gasteiger partial charge in [0, 0.05) is 17.5 Å². The van der Waals surface area contributed by atoms with Crippen LogP contribution in [0.3, 0.4) is 0 Å². The molecule has 0 bridgehead atoms. The number of hydrogen-bond donors (Lipinski definition) is 1. The van der Waals surface area contributed by atoms with Crippen molar-refractivity contribution >= 4 is 23.8 Å². The van der Waals surface area contributed by atoms with E-state index in [0.717, 1.165) is 17.6 Å². The summed E-state index contributed by atoms with van der Waals surface area (Å²) in [6, 6.07) is 4.04. The molecule has 1 aromatic carbocycles. The van der Waals surface area contributed by atoms with Crippen molar-refractivity contribution in [2.75, 3.05) is 11.9 Å². The van der Waals surface area contributed by atoms with Gasteiger partial charge in [-0.15, -0.1) is 0 Å². The Morgan fingerprint density at radius 2 is 2.33 bits per heavy atom. The minimum atomic E-state index is 0.904. The molecule has 0 amide bonds. The SMILES string of the molecule is C1=Nc2ccc3c(c2=N1)=CCN3. The van der Waals surface area contributed by atoms with Gasteiger partial charge in [-0.2, -0.15) is 0 Å². The summed E-state index contributed by atoms with van der Waals surface area (Å²) in [6.45, 7) is 0.904. The van der Waals surface area contributed by atoms with Crippen molar-refractivity contribution < 1.29 is 0 Å². The highest BCUT2D eigenvalue weighted by molar-refractivity contribution is 5.70. The van der Waals surface area contributed by atoms with E-state index in [4.69, 9.17) is 0 Å². The third kappa shape index (κ3) is 0.605. The highest BCUT2D eigenvalue weighted by Gasteiger charge is 2.07. The molecule has 0 spiro atoms. The van der Waals surface area contributed by atoms with Gasteiger partial charge in [0.25, 0.3) is 0 Å². The number of anilines is 1. The highest BCUT2D eigenvalue weighted by atomic mass is 14.9. The van der Waals surface area contributed by atoms with Crippen molar-refractivity contribution in [1.29, 1.82) is 0 Å². The molecule has 1 aromatic rings. The maximum atomic E-state index is 4.21. The van der Waals surface area contributed by atoms with Gasteiger partial charge in [0.15, 0.2) is 0 Å². The molecule has 2 aliphatic heterocycles. The largest absolute Gasteiger partial charge is 0.381 e. The molecule has 2 aliphatic rings. The van der Waals surface area contributed by atoms with Crippen LogP contribution < -0.4 is 15.9 Å². The summed E-state index contributed by atoms with van der Waals surface area (Å²) in [6.07, 6.45) is 3.75. The summed E-state index contributed by atoms with van der Waals surface area (Å²) in [5, 5.41) is 5.47. The van der Waals surface area contributed by atoms with E-state index in [-0.39, 0.29) is 0 Å². The number of rotatable bonds is 0. The fraction of sp³-hybridized carbons (Fsp3) is 0.111. The second-order valence-corrected chi connectivity index (χ2v) is 2.85. The standard InChI is InChI=1S/C9H7N3/c1-2-8-9(12-5-11-8)6-3-4-10-7(1)6/h1-3,5,10H,4H2. The summed E-state index contributed by atoms with van der Waals surface area (Å²) < 4.78 is 0. The molecule has 0 aliphatic carbocycles. The van der Waals surface area contributed by atoms with Crippen LogP contribution in [-0.4, -0.2) is 12.9 Å². The zero-order valence-corrected chi connectivity index (χ0v) is 6.41. The predicted octanol–water partition coefficient (Wildman–Crippen LogP) is 0.186. The van der Waals surface area contributed by atoms with E-state index in [0.29, 0.717) is 0 Å². The first-order valence-electron chi connectivity index (χ1n) is 3.92. The lowest BCUT2D eigenvalue weighted by Gasteiger charge is -1.96. The molecular weight excluding hydrogens is 150 g/mol. The van der Waals surface area contributed by atoms with E-state index in [1.165, 1.54) is 10.9 Å². The van der Waals surface area contributed by atoms with Gasteiger partial charge in [-0.25, -0.2) is 9.98 Å². The molecule has 0 radical (unpaired) electrons. The Labute approximate surface area is 69.2 Å². The summed E-state index contributed by atoms with van der Waals surface area (Å²) in [5.41, 5.74) is 2.15. The number of nitrogens with zero attached hydrogens (tertiary/aromatic N) is 2. The number of nitrogens with one attached hydrogen (secondary N) is 1. The van der Waals surface area contributed by atoms with E-state index in [2.05, 4.69) is 27.4 Å². The van der Waals surface area contributed by atoms with Crippen molar-refractivity contribution in [1.82, 2.24) is 0 Å². The third-order valence-corrected chi connectivity index (χ3v) is 2.18. The number of fused-ring (bicyclic) bond motifs is 3. The Bertz CT molecular complexity index is 485. The van der Waals surface area contributed by atoms with Gasteiger partial charge in [-0.1, -0.05) is 6.08 Å². The third-order valence-electron chi connectivity index (χ3n) is 2.18. The van der Waals surface area contributed by atoms with E-state index in [1.807, 2.05) is 6.07 Å². The predicted molar refractivity (Wildman–Crippen MR) is 48.3 cm³/mol. The van der Waals surface area contributed by atoms with Crippen LogP contribution in [0, 0.1) is 0 Å². The molecule has 0 fully saturated rings. The first kappa shape index (κ1) is 5.94. The molecule has 2 heterocycles. The van der Waals surface area contributed by atoms with Crippen molar-refractivity contribution in [3.63, 3.8) is 0 Å². The molecule has 0 saturated carbocycles.